The minimum atomic E-state index is -0.650. The zero-order valence-electron chi connectivity index (χ0n) is 14.8. The molecule has 1 aromatic heterocycles. The summed E-state index contributed by atoms with van der Waals surface area (Å²) in [6.07, 6.45) is 1.70. The molecule has 0 aliphatic rings. The van der Waals surface area contributed by atoms with E-state index in [1.54, 1.807) is 30.5 Å². The quantitative estimate of drug-likeness (QED) is 0.793. The first kappa shape index (κ1) is 18.9. The van der Waals surface area contributed by atoms with E-state index in [4.69, 9.17) is 4.74 Å². The molecule has 2 amide bonds. The zero-order chi connectivity index (χ0) is 18.4. The standard InChI is InChI=1S/C18H23N3O3S/c1-5-24-14-8-6-13(7-9-14)16(22)20-15(11(2)3)17(23)21-18-19-10-12(4)25-18/h6-11,15H,5H2,1-4H3,(H,20,22)(H,19,21,23). The summed E-state index contributed by atoms with van der Waals surface area (Å²) >= 11 is 1.40. The van der Waals surface area contributed by atoms with Crippen LogP contribution in [0.1, 0.15) is 36.0 Å². The van der Waals surface area contributed by atoms with Crippen LogP contribution in [0.25, 0.3) is 0 Å². The molecular weight excluding hydrogens is 338 g/mol. The smallest absolute Gasteiger partial charge is 0.251 e. The van der Waals surface area contributed by atoms with Crippen LogP contribution in [0, 0.1) is 12.8 Å². The molecule has 0 radical (unpaired) electrons. The molecule has 0 spiro atoms. The molecule has 0 aliphatic carbocycles. The number of amides is 2. The Labute approximate surface area is 151 Å². The molecule has 2 rings (SSSR count). The molecule has 0 saturated carbocycles. The fourth-order valence-corrected chi connectivity index (χ4v) is 2.89. The molecule has 7 heteroatoms. The molecule has 0 bridgehead atoms. The van der Waals surface area contributed by atoms with Gasteiger partial charge in [0.15, 0.2) is 5.13 Å². The summed E-state index contributed by atoms with van der Waals surface area (Å²) in [4.78, 5) is 30.1. The van der Waals surface area contributed by atoms with Crippen molar-refractivity contribution in [2.75, 3.05) is 11.9 Å². The van der Waals surface area contributed by atoms with Crippen LogP contribution in [0.5, 0.6) is 5.75 Å². The van der Waals surface area contributed by atoms with Gasteiger partial charge in [0.05, 0.1) is 6.61 Å². The summed E-state index contributed by atoms with van der Waals surface area (Å²) in [6, 6.07) is 6.19. The van der Waals surface area contributed by atoms with E-state index >= 15 is 0 Å². The number of nitrogens with zero attached hydrogens (tertiary/aromatic N) is 1. The van der Waals surface area contributed by atoms with Crippen LogP contribution in [-0.2, 0) is 4.79 Å². The van der Waals surface area contributed by atoms with Crippen LogP contribution in [-0.4, -0.2) is 29.4 Å². The molecule has 2 aromatic rings. The number of benzene rings is 1. The number of hydrogen-bond donors (Lipinski definition) is 2. The number of rotatable bonds is 7. The van der Waals surface area contributed by atoms with Crippen LogP contribution in [0.4, 0.5) is 5.13 Å². The van der Waals surface area contributed by atoms with Gasteiger partial charge in [0, 0.05) is 16.6 Å². The molecule has 6 nitrogen and oxygen atoms in total. The number of aromatic nitrogens is 1. The van der Waals surface area contributed by atoms with Crippen LogP contribution >= 0.6 is 11.3 Å². The first-order valence-corrected chi connectivity index (χ1v) is 8.99. The normalized spacial score (nSPS) is 11.9. The van der Waals surface area contributed by atoms with Crippen molar-refractivity contribution < 1.29 is 14.3 Å². The molecule has 0 fully saturated rings. The summed E-state index contributed by atoms with van der Waals surface area (Å²) in [6.45, 7) is 8.15. The lowest BCUT2D eigenvalue weighted by Crippen LogP contribution is -2.47. The van der Waals surface area contributed by atoms with E-state index in [0.717, 1.165) is 4.88 Å². The van der Waals surface area contributed by atoms with Crippen molar-refractivity contribution in [3.05, 3.63) is 40.9 Å². The van der Waals surface area contributed by atoms with E-state index in [0.29, 0.717) is 23.1 Å². The van der Waals surface area contributed by atoms with Crippen LogP contribution in [0.15, 0.2) is 30.5 Å². The minimum Gasteiger partial charge on any atom is -0.494 e. The molecule has 1 aromatic carbocycles. The maximum atomic E-state index is 12.5. The van der Waals surface area contributed by atoms with E-state index < -0.39 is 6.04 Å². The Bertz CT molecular complexity index is 725. The summed E-state index contributed by atoms with van der Waals surface area (Å²) in [7, 11) is 0. The van der Waals surface area contributed by atoms with E-state index in [1.807, 2.05) is 27.7 Å². The third kappa shape index (κ3) is 5.29. The van der Waals surface area contributed by atoms with Gasteiger partial charge in [-0.05, 0) is 44.0 Å². The van der Waals surface area contributed by atoms with Crippen LogP contribution in [0.3, 0.4) is 0 Å². The molecule has 1 heterocycles. The van der Waals surface area contributed by atoms with Crippen LogP contribution < -0.4 is 15.4 Å². The fourth-order valence-electron chi connectivity index (χ4n) is 2.22. The third-order valence-electron chi connectivity index (χ3n) is 3.51. The van der Waals surface area contributed by atoms with Gasteiger partial charge in [-0.3, -0.25) is 9.59 Å². The van der Waals surface area contributed by atoms with Gasteiger partial charge in [0.2, 0.25) is 5.91 Å². The Morgan fingerprint density at radius 2 is 1.92 bits per heavy atom. The van der Waals surface area contributed by atoms with Gasteiger partial charge in [-0.25, -0.2) is 4.98 Å². The molecular formula is C18H23N3O3S. The first-order valence-electron chi connectivity index (χ1n) is 8.17. The van der Waals surface area contributed by atoms with Crippen molar-refractivity contribution in [3.8, 4) is 5.75 Å². The molecule has 0 saturated heterocycles. The van der Waals surface area contributed by atoms with Crippen molar-refractivity contribution in [3.63, 3.8) is 0 Å². The maximum Gasteiger partial charge on any atom is 0.251 e. The van der Waals surface area contributed by atoms with Crippen molar-refractivity contribution >= 4 is 28.3 Å². The topological polar surface area (TPSA) is 80.3 Å². The Morgan fingerprint density at radius 1 is 1.24 bits per heavy atom. The minimum absolute atomic E-state index is 0.0623. The number of carbonyl (C=O) groups excluding carboxylic acids is 2. The van der Waals surface area contributed by atoms with Crippen molar-refractivity contribution in [1.29, 1.82) is 0 Å². The lowest BCUT2D eigenvalue weighted by Gasteiger charge is -2.21. The Kier molecular flexibility index (Phi) is 6.52. The van der Waals surface area contributed by atoms with Gasteiger partial charge in [0.1, 0.15) is 11.8 Å². The fraction of sp³-hybridized carbons (Fsp3) is 0.389. The molecule has 25 heavy (non-hydrogen) atoms. The molecule has 1 atom stereocenters. The summed E-state index contributed by atoms with van der Waals surface area (Å²) < 4.78 is 5.36. The number of carbonyl (C=O) groups is 2. The number of thiazole rings is 1. The summed E-state index contributed by atoms with van der Waals surface area (Å²) in [5.41, 5.74) is 0.479. The van der Waals surface area contributed by atoms with Crippen LogP contribution in [0.2, 0.25) is 0 Å². The summed E-state index contributed by atoms with van der Waals surface area (Å²) in [5, 5.41) is 6.09. The van der Waals surface area contributed by atoms with Gasteiger partial charge in [0.25, 0.3) is 5.91 Å². The number of hydrogen-bond acceptors (Lipinski definition) is 5. The van der Waals surface area contributed by atoms with E-state index in [-0.39, 0.29) is 17.7 Å². The van der Waals surface area contributed by atoms with E-state index in [2.05, 4.69) is 15.6 Å². The van der Waals surface area contributed by atoms with Gasteiger partial charge >= 0.3 is 0 Å². The number of ether oxygens (including phenoxy) is 1. The molecule has 1 unspecified atom stereocenters. The van der Waals surface area contributed by atoms with E-state index in [9.17, 15) is 9.59 Å². The second-order valence-electron chi connectivity index (χ2n) is 5.92. The average Bonchev–Trinajstić information content (AvgIpc) is 2.97. The van der Waals surface area contributed by atoms with E-state index in [1.165, 1.54) is 11.3 Å². The van der Waals surface area contributed by atoms with Gasteiger partial charge in [-0.15, -0.1) is 11.3 Å². The van der Waals surface area contributed by atoms with Crippen molar-refractivity contribution in [2.45, 2.75) is 33.7 Å². The largest absolute Gasteiger partial charge is 0.494 e. The lowest BCUT2D eigenvalue weighted by atomic mass is 10.0. The number of aryl methyl sites for hydroxylation is 1. The second-order valence-corrected chi connectivity index (χ2v) is 7.15. The second kappa shape index (κ2) is 8.62. The number of nitrogens with one attached hydrogen (secondary N) is 2. The van der Waals surface area contributed by atoms with Gasteiger partial charge in [-0.2, -0.15) is 0 Å². The highest BCUT2D eigenvalue weighted by molar-refractivity contribution is 7.15. The van der Waals surface area contributed by atoms with Gasteiger partial charge < -0.3 is 15.4 Å². The highest BCUT2D eigenvalue weighted by Crippen LogP contribution is 2.18. The SMILES string of the molecule is CCOc1ccc(C(=O)NC(C(=O)Nc2ncc(C)s2)C(C)C)cc1. The maximum absolute atomic E-state index is 12.5. The Hall–Kier alpha value is -2.41. The third-order valence-corrected chi connectivity index (χ3v) is 4.34. The molecule has 2 N–H and O–H groups in total. The van der Waals surface area contributed by atoms with Gasteiger partial charge in [-0.1, -0.05) is 13.8 Å². The number of anilines is 1. The molecule has 134 valence electrons. The predicted octanol–water partition coefficient (Wildman–Crippen LogP) is 3.24. The first-order chi connectivity index (χ1) is 11.9. The zero-order valence-corrected chi connectivity index (χ0v) is 15.6. The summed E-state index contributed by atoms with van der Waals surface area (Å²) in [5.74, 6) is 0.0694. The van der Waals surface area contributed by atoms with Crippen molar-refractivity contribution in [2.24, 2.45) is 5.92 Å². The average molecular weight is 361 g/mol. The highest BCUT2D eigenvalue weighted by atomic mass is 32.1. The Morgan fingerprint density at radius 3 is 2.44 bits per heavy atom. The highest BCUT2D eigenvalue weighted by Gasteiger charge is 2.25. The molecule has 0 aliphatic heterocycles. The Balaban J connectivity index is 2.04. The lowest BCUT2D eigenvalue weighted by molar-refractivity contribution is -0.118. The predicted molar refractivity (Wildman–Crippen MR) is 99.2 cm³/mol. The monoisotopic (exact) mass is 361 g/mol. The van der Waals surface area contributed by atoms with Crippen molar-refractivity contribution in [1.82, 2.24) is 10.3 Å².